The second kappa shape index (κ2) is 5.37. The standard InChI is InChI=1S/C16H15F5N2O3/c17-15(18,19)10-6-14(4-9(10)5-14)23-13(24)22-7-8-1-2-11-12(3-8)26-16(20,21)25-11/h1-3,9-10H,4-7H2,(H2,22,23,24)/t9?,10-,14?/m0/s1. The lowest BCUT2D eigenvalue weighted by Crippen LogP contribution is -2.54. The van der Waals surface area contributed by atoms with Crippen LogP contribution in [0, 0.1) is 11.8 Å². The zero-order valence-electron chi connectivity index (χ0n) is 13.3. The van der Waals surface area contributed by atoms with E-state index in [0.717, 1.165) is 0 Å². The molecule has 1 atom stereocenters. The first-order valence-corrected chi connectivity index (χ1v) is 8.07. The van der Waals surface area contributed by atoms with Gasteiger partial charge in [-0.25, -0.2) is 4.79 Å². The molecule has 0 aromatic heterocycles. The number of benzene rings is 1. The van der Waals surface area contributed by atoms with Gasteiger partial charge in [0.2, 0.25) is 0 Å². The van der Waals surface area contributed by atoms with Crippen LogP contribution in [-0.4, -0.2) is 24.0 Å². The molecule has 3 fully saturated rings. The molecule has 2 bridgehead atoms. The molecule has 4 aliphatic rings. The molecule has 5 rings (SSSR count). The highest BCUT2D eigenvalue weighted by molar-refractivity contribution is 5.75. The number of amides is 2. The molecular weight excluding hydrogens is 363 g/mol. The molecule has 0 radical (unpaired) electrons. The maximum atomic E-state index is 13.0. The Morgan fingerprint density at radius 1 is 1.15 bits per heavy atom. The Bertz CT molecular complexity index is 746. The van der Waals surface area contributed by atoms with Crippen molar-refractivity contribution in [3.63, 3.8) is 0 Å². The summed E-state index contributed by atoms with van der Waals surface area (Å²) in [4.78, 5) is 12.0. The molecule has 0 spiro atoms. The molecule has 2 amide bonds. The first-order chi connectivity index (χ1) is 12.1. The summed E-state index contributed by atoms with van der Waals surface area (Å²) in [6.45, 7) is 0.0102. The first kappa shape index (κ1) is 17.2. The van der Waals surface area contributed by atoms with Gasteiger partial charge in [-0.2, -0.15) is 13.2 Å². The Hall–Kier alpha value is -2.26. The summed E-state index contributed by atoms with van der Waals surface area (Å²) in [5.74, 6) is -2.03. The first-order valence-electron chi connectivity index (χ1n) is 8.07. The van der Waals surface area contributed by atoms with E-state index >= 15 is 0 Å². The quantitative estimate of drug-likeness (QED) is 0.791. The van der Waals surface area contributed by atoms with Crippen molar-refractivity contribution in [2.75, 3.05) is 0 Å². The number of urea groups is 1. The molecule has 3 aliphatic carbocycles. The number of alkyl halides is 5. The van der Waals surface area contributed by atoms with Crippen LogP contribution in [0.25, 0.3) is 0 Å². The van der Waals surface area contributed by atoms with Crippen molar-refractivity contribution in [3.05, 3.63) is 23.8 Å². The predicted octanol–water partition coefficient (Wildman–Crippen LogP) is 3.54. The van der Waals surface area contributed by atoms with Gasteiger partial charge >= 0.3 is 18.5 Å². The molecule has 10 heteroatoms. The van der Waals surface area contributed by atoms with Gasteiger partial charge in [0.15, 0.2) is 11.5 Å². The Morgan fingerprint density at radius 3 is 2.50 bits per heavy atom. The number of halogens is 5. The summed E-state index contributed by atoms with van der Waals surface area (Å²) in [7, 11) is 0. The van der Waals surface area contributed by atoms with Crippen LogP contribution in [0.2, 0.25) is 0 Å². The van der Waals surface area contributed by atoms with Gasteiger partial charge in [-0.05, 0) is 42.9 Å². The zero-order chi connectivity index (χ0) is 18.7. The van der Waals surface area contributed by atoms with Crippen molar-refractivity contribution >= 4 is 6.03 Å². The molecule has 2 N–H and O–H groups in total. The van der Waals surface area contributed by atoms with Crippen molar-refractivity contribution in [2.24, 2.45) is 11.8 Å². The van der Waals surface area contributed by atoms with Crippen molar-refractivity contribution in [1.29, 1.82) is 0 Å². The van der Waals surface area contributed by atoms with Gasteiger partial charge in [0.05, 0.1) is 5.92 Å². The number of rotatable bonds is 3. The van der Waals surface area contributed by atoms with Crippen molar-refractivity contribution < 1.29 is 36.2 Å². The maximum Gasteiger partial charge on any atom is 0.586 e. The summed E-state index contributed by atoms with van der Waals surface area (Å²) >= 11 is 0. The second-order valence-electron chi connectivity index (χ2n) is 7.06. The molecule has 5 nitrogen and oxygen atoms in total. The fourth-order valence-electron chi connectivity index (χ4n) is 4.09. The third-order valence-electron chi connectivity index (χ3n) is 5.20. The van der Waals surface area contributed by atoms with Gasteiger partial charge < -0.3 is 20.1 Å². The molecule has 0 saturated heterocycles. The zero-order valence-corrected chi connectivity index (χ0v) is 13.3. The van der Waals surface area contributed by atoms with E-state index in [1.54, 1.807) is 0 Å². The van der Waals surface area contributed by atoms with Crippen LogP contribution in [0.5, 0.6) is 11.5 Å². The number of ether oxygens (including phenoxy) is 2. The molecule has 1 aromatic rings. The molecule has 0 unspecified atom stereocenters. The molecule has 142 valence electrons. The van der Waals surface area contributed by atoms with E-state index in [0.29, 0.717) is 18.4 Å². The van der Waals surface area contributed by atoms with Gasteiger partial charge in [0.25, 0.3) is 0 Å². The average Bonchev–Trinajstić information content (AvgIpc) is 3.11. The van der Waals surface area contributed by atoms with Gasteiger partial charge in [-0.3, -0.25) is 0 Å². The van der Waals surface area contributed by atoms with Crippen LogP contribution in [0.15, 0.2) is 18.2 Å². The van der Waals surface area contributed by atoms with Crippen LogP contribution in [0.1, 0.15) is 24.8 Å². The van der Waals surface area contributed by atoms with Gasteiger partial charge in [0, 0.05) is 12.1 Å². The highest BCUT2D eigenvalue weighted by Gasteiger charge is 2.64. The van der Waals surface area contributed by atoms with Crippen molar-refractivity contribution in [2.45, 2.75) is 43.8 Å². The van der Waals surface area contributed by atoms with Crippen LogP contribution in [-0.2, 0) is 6.54 Å². The smallest absolute Gasteiger partial charge is 0.395 e. The van der Waals surface area contributed by atoms with E-state index in [1.807, 2.05) is 0 Å². The number of fused-ring (bicyclic) bond motifs is 2. The van der Waals surface area contributed by atoms with Gasteiger partial charge in [-0.1, -0.05) is 6.07 Å². The number of carbonyl (C=O) groups excluding carboxylic acids is 1. The Morgan fingerprint density at radius 2 is 1.85 bits per heavy atom. The summed E-state index contributed by atoms with van der Waals surface area (Å²) in [6, 6.07) is 3.50. The third-order valence-corrected chi connectivity index (χ3v) is 5.20. The van der Waals surface area contributed by atoms with E-state index in [-0.39, 0.29) is 24.5 Å². The Labute approximate surface area is 144 Å². The SMILES string of the molecule is O=C(NCc1ccc2c(c1)OC(F)(F)O2)NC12CC(C1)[C@@H](C(F)(F)F)C2. The van der Waals surface area contributed by atoms with Crippen molar-refractivity contribution in [3.8, 4) is 11.5 Å². The van der Waals surface area contributed by atoms with Gasteiger partial charge in [-0.15, -0.1) is 8.78 Å². The summed E-state index contributed by atoms with van der Waals surface area (Å²) in [6.07, 6.45) is -7.42. The van der Waals surface area contributed by atoms with Crippen LogP contribution in [0.3, 0.4) is 0 Å². The van der Waals surface area contributed by atoms with Crippen LogP contribution in [0.4, 0.5) is 26.7 Å². The lowest BCUT2D eigenvalue weighted by atomic mass is 9.76. The molecule has 1 heterocycles. The number of carbonyl (C=O) groups is 1. The maximum absolute atomic E-state index is 13.0. The fourth-order valence-corrected chi connectivity index (χ4v) is 4.09. The minimum Gasteiger partial charge on any atom is -0.395 e. The van der Waals surface area contributed by atoms with E-state index < -0.39 is 35.9 Å². The number of hydrogen-bond donors (Lipinski definition) is 2. The fraction of sp³-hybridized carbons (Fsp3) is 0.562. The summed E-state index contributed by atoms with van der Waals surface area (Å²) in [5.41, 5.74) is -0.310. The predicted molar refractivity (Wildman–Crippen MR) is 77.6 cm³/mol. The van der Waals surface area contributed by atoms with Crippen LogP contribution >= 0.6 is 0 Å². The molecule has 1 aliphatic heterocycles. The second-order valence-corrected chi connectivity index (χ2v) is 7.06. The lowest BCUT2D eigenvalue weighted by Gasteiger charge is -2.39. The average molecular weight is 378 g/mol. The summed E-state index contributed by atoms with van der Waals surface area (Å²) in [5, 5.41) is 5.16. The summed E-state index contributed by atoms with van der Waals surface area (Å²) < 4.78 is 73.2. The normalized spacial score (nSPS) is 30.7. The molecular formula is C16H15F5N2O3. The monoisotopic (exact) mass is 378 g/mol. The van der Waals surface area contributed by atoms with E-state index in [4.69, 9.17) is 0 Å². The van der Waals surface area contributed by atoms with Crippen LogP contribution < -0.4 is 20.1 Å². The van der Waals surface area contributed by atoms with E-state index in [2.05, 4.69) is 20.1 Å². The van der Waals surface area contributed by atoms with Crippen molar-refractivity contribution in [1.82, 2.24) is 10.6 Å². The van der Waals surface area contributed by atoms with E-state index in [1.165, 1.54) is 18.2 Å². The Kier molecular flexibility index (Phi) is 3.55. The topological polar surface area (TPSA) is 59.6 Å². The van der Waals surface area contributed by atoms with E-state index in [9.17, 15) is 26.7 Å². The molecule has 3 saturated carbocycles. The number of nitrogens with one attached hydrogen (secondary N) is 2. The minimum atomic E-state index is -4.24. The number of hydrogen-bond acceptors (Lipinski definition) is 3. The largest absolute Gasteiger partial charge is 0.586 e. The van der Waals surface area contributed by atoms with Gasteiger partial charge in [0.1, 0.15) is 0 Å². The lowest BCUT2D eigenvalue weighted by molar-refractivity contribution is -0.286. The highest BCUT2D eigenvalue weighted by Crippen LogP contribution is 2.60. The molecule has 1 aromatic carbocycles. The highest BCUT2D eigenvalue weighted by atomic mass is 19.4. The molecule has 26 heavy (non-hydrogen) atoms. The minimum absolute atomic E-state index is 0.0102. The Balaban J connectivity index is 1.31. The third kappa shape index (κ3) is 3.01.